The average Bonchev–Trinajstić information content (AvgIpc) is 1.78. The van der Waals surface area contributed by atoms with Crippen LogP contribution in [-0.4, -0.2) is 12.9 Å². The van der Waals surface area contributed by atoms with Crippen molar-refractivity contribution in [2.75, 3.05) is 0 Å². The number of hydrogen-bond donors (Lipinski definition) is 0. The Hall–Kier alpha value is 0.307. The van der Waals surface area contributed by atoms with Crippen LogP contribution >= 0.6 is 12.2 Å². The average molecular weight is 188 g/mol. The molecule has 0 bridgehead atoms. The molecular weight excluding hydrogens is 168 g/mol. The first-order valence-electron chi connectivity index (χ1n) is 4.41. The minimum atomic E-state index is -0.772. The summed E-state index contributed by atoms with van der Waals surface area (Å²) in [5.74, 6) is 0. The van der Waals surface area contributed by atoms with E-state index in [1.54, 1.807) is 0 Å². The molecule has 0 radical (unpaired) electrons. The molecule has 0 aliphatic rings. The van der Waals surface area contributed by atoms with Crippen molar-refractivity contribution in [2.24, 2.45) is 0 Å². The van der Waals surface area contributed by atoms with Crippen LogP contribution in [-0.2, 0) is 0 Å². The summed E-state index contributed by atoms with van der Waals surface area (Å²) in [5.41, 5.74) is 0. The first kappa shape index (κ1) is 11.3. The predicted molar refractivity (Wildman–Crippen MR) is 60.3 cm³/mol. The highest BCUT2D eigenvalue weighted by molar-refractivity contribution is 7.80. The van der Waals surface area contributed by atoms with Gasteiger partial charge in [0, 0.05) is 8.07 Å². The molecule has 66 valence electrons. The summed E-state index contributed by atoms with van der Waals surface area (Å²) in [7, 11) is -0.772. The van der Waals surface area contributed by atoms with Crippen LogP contribution in [0.25, 0.3) is 0 Å². The Morgan fingerprint density at radius 3 is 2.09 bits per heavy atom. The molecule has 0 aromatic carbocycles. The molecule has 0 unspecified atom stereocenters. The third-order valence-electron chi connectivity index (χ3n) is 1.71. The van der Waals surface area contributed by atoms with Crippen LogP contribution in [0.1, 0.15) is 26.2 Å². The van der Waals surface area contributed by atoms with Gasteiger partial charge in [0.15, 0.2) is 0 Å². The largest absolute Gasteiger partial charge is 0.0900 e. The quantitative estimate of drug-likeness (QED) is 0.358. The Morgan fingerprint density at radius 1 is 1.18 bits per heavy atom. The van der Waals surface area contributed by atoms with E-state index in [4.69, 9.17) is 12.2 Å². The van der Waals surface area contributed by atoms with E-state index in [9.17, 15) is 0 Å². The van der Waals surface area contributed by atoms with Crippen molar-refractivity contribution in [3.8, 4) is 0 Å². The van der Waals surface area contributed by atoms with E-state index in [2.05, 4.69) is 19.6 Å². The fraction of sp³-hybridized carbons (Fsp3) is 0.889. The van der Waals surface area contributed by atoms with Gasteiger partial charge in [-0.25, -0.2) is 0 Å². The molecule has 0 atom stereocenters. The molecular formula is C9H20SSi. The van der Waals surface area contributed by atoms with Crippen LogP contribution in [0.15, 0.2) is 0 Å². The molecule has 0 aromatic rings. The van der Waals surface area contributed by atoms with Gasteiger partial charge in [0.05, 0.1) is 0 Å². The van der Waals surface area contributed by atoms with Crippen molar-refractivity contribution < 1.29 is 0 Å². The fourth-order valence-corrected chi connectivity index (χ4v) is 2.48. The maximum atomic E-state index is 5.01. The van der Waals surface area contributed by atoms with E-state index in [1.807, 2.05) is 6.92 Å². The van der Waals surface area contributed by atoms with Crippen LogP contribution in [0.4, 0.5) is 0 Å². The monoisotopic (exact) mass is 188 g/mol. The summed E-state index contributed by atoms with van der Waals surface area (Å²) in [6, 6.07) is 1.45. The standard InChI is InChI=1S/C9H20SSi/c1-9(10)7-5-6-8-11(2,3)4/h5-8H2,1-4H3. The summed E-state index contributed by atoms with van der Waals surface area (Å²) in [6.07, 6.45) is 3.84. The lowest BCUT2D eigenvalue weighted by molar-refractivity contribution is 0.825. The zero-order valence-electron chi connectivity index (χ0n) is 8.24. The van der Waals surface area contributed by atoms with Crippen LogP contribution in [0.5, 0.6) is 0 Å². The lowest BCUT2D eigenvalue weighted by atomic mass is 10.2. The van der Waals surface area contributed by atoms with E-state index in [1.165, 1.54) is 23.8 Å². The minimum absolute atomic E-state index is 0.772. The molecule has 0 amide bonds. The molecule has 0 aromatic heterocycles. The lowest BCUT2D eigenvalue weighted by Gasteiger charge is -2.14. The predicted octanol–water partition coefficient (Wildman–Crippen LogP) is 3.88. The zero-order chi connectivity index (χ0) is 8.91. The van der Waals surface area contributed by atoms with Crippen LogP contribution in [0.3, 0.4) is 0 Å². The van der Waals surface area contributed by atoms with E-state index in [0.717, 1.165) is 6.42 Å². The van der Waals surface area contributed by atoms with E-state index >= 15 is 0 Å². The Kier molecular flexibility index (Phi) is 5.18. The minimum Gasteiger partial charge on any atom is -0.0900 e. The van der Waals surface area contributed by atoms with E-state index in [-0.39, 0.29) is 0 Å². The smallest absolute Gasteiger partial charge is 0.0442 e. The van der Waals surface area contributed by atoms with Crippen molar-refractivity contribution in [1.29, 1.82) is 0 Å². The van der Waals surface area contributed by atoms with Gasteiger partial charge >= 0.3 is 0 Å². The summed E-state index contributed by atoms with van der Waals surface area (Å²) < 4.78 is 0. The van der Waals surface area contributed by atoms with Crippen molar-refractivity contribution >= 4 is 25.2 Å². The van der Waals surface area contributed by atoms with Gasteiger partial charge in [0.2, 0.25) is 0 Å². The van der Waals surface area contributed by atoms with Crippen LogP contribution in [0.2, 0.25) is 25.7 Å². The molecule has 0 N–H and O–H groups in total. The lowest BCUT2D eigenvalue weighted by Crippen LogP contribution is -2.18. The van der Waals surface area contributed by atoms with Crippen molar-refractivity contribution in [2.45, 2.75) is 51.9 Å². The van der Waals surface area contributed by atoms with Gasteiger partial charge in [0.1, 0.15) is 0 Å². The van der Waals surface area contributed by atoms with Gasteiger partial charge in [-0.05, 0) is 24.6 Å². The topological polar surface area (TPSA) is 0 Å². The molecule has 0 rings (SSSR count). The molecule has 0 heterocycles. The van der Waals surface area contributed by atoms with Gasteiger partial charge < -0.3 is 0 Å². The third-order valence-corrected chi connectivity index (χ3v) is 3.76. The van der Waals surface area contributed by atoms with Gasteiger partial charge in [-0.15, -0.1) is 0 Å². The highest BCUT2D eigenvalue weighted by Crippen LogP contribution is 2.13. The second kappa shape index (κ2) is 5.04. The molecule has 0 nitrogen and oxygen atoms in total. The molecule has 0 saturated carbocycles. The zero-order valence-corrected chi connectivity index (χ0v) is 10.1. The third kappa shape index (κ3) is 10.3. The van der Waals surface area contributed by atoms with E-state index in [0.29, 0.717) is 0 Å². The molecule has 11 heavy (non-hydrogen) atoms. The highest BCUT2D eigenvalue weighted by Gasteiger charge is 2.11. The SMILES string of the molecule is CC(=S)CCCC[Si](C)(C)C. The Balaban J connectivity index is 3.22. The van der Waals surface area contributed by atoms with Crippen molar-refractivity contribution in [3.05, 3.63) is 0 Å². The second-order valence-electron chi connectivity index (χ2n) is 4.47. The van der Waals surface area contributed by atoms with Crippen LogP contribution < -0.4 is 0 Å². The second-order valence-corrected chi connectivity index (χ2v) is 10.8. The molecule has 0 aliphatic carbocycles. The summed E-state index contributed by atoms with van der Waals surface area (Å²) in [5, 5.41) is 0. The molecule has 0 aliphatic heterocycles. The molecule has 0 spiro atoms. The van der Waals surface area contributed by atoms with Crippen molar-refractivity contribution in [1.82, 2.24) is 0 Å². The molecule has 2 heteroatoms. The first-order chi connectivity index (χ1) is 4.92. The Labute approximate surface area is 77.4 Å². The van der Waals surface area contributed by atoms with Gasteiger partial charge in [-0.2, -0.15) is 0 Å². The number of unbranched alkanes of at least 4 members (excludes halogenated alkanes) is 1. The summed E-state index contributed by atoms with van der Waals surface area (Å²) in [4.78, 5) is 1.17. The normalized spacial score (nSPS) is 11.6. The highest BCUT2D eigenvalue weighted by atomic mass is 32.1. The number of thiocarbonyl (C=S) groups is 1. The van der Waals surface area contributed by atoms with Crippen LogP contribution in [0, 0.1) is 0 Å². The number of hydrogen-bond acceptors (Lipinski definition) is 1. The molecule has 0 saturated heterocycles. The summed E-state index contributed by atoms with van der Waals surface area (Å²) in [6.45, 7) is 9.33. The maximum Gasteiger partial charge on any atom is 0.0442 e. The Morgan fingerprint density at radius 2 is 1.73 bits per heavy atom. The van der Waals surface area contributed by atoms with E-state index < -0.39 is 8.07 Å². The Bertz CT molecular complexity index is 124. The summed E-state index contributed by atoms with van der Waals surface area (Å²) >= 11 is 5.01. The fourth-order valence-electron chi connectivity index (χ4n) is 1.03. The van der Waals surface area contributed by atoms with Gasteiger partial charge in [-0.3, -0.25) is 0 Å². The van der Waals surface area contributed by atoms with Gasteiger partial charge in [-0.1, -0.05) is 44.3 Å². The maximum absolute atomic E-state index is 5.01. The van der Waals surface area contributed by atoms with Gasteiger partial charge in [0.25, 0.3) is 0 Å². The molecule has 0 fully saturated rings. The number of rotatable bonds is 5. The van der Waals surface area contributed by atoms with Crippen molar-refractivity contribution in [3.63, 3.8) is 0 Å². The first-order valence-corrected chi connectivity index (χ1v) is 8.53.